The highest BCUT2D eigenvalue weighted by Gasteiger charge is 2.31. The Hall–Kier alpha value is -3.35. The molecule has 0 N–H and O–H groups in total. The van der Waals surface area contributed by atoms with Crippen LogP contribution in [0.1, 0.15) is 28.2 Å². The number of benzene rings is 2. The highest BCUT2D eigenvalue weighted by Crippen LogP contribution is 2.42. The van der Waals surface area contributed by atoms with Crippen molar-refractivity contribution >= 4 is 27.5 Å². The van der Waals surface area contributed by atoms with E-state index in [9.17, 15) is 13.2 Å². The normalized spacial score (nSPS) is 14.1. The summed E-state index contributed by atoms with van der Waals surface area (Å²) in [4.78, 5) is 8.78. The van der Waals surface area contributed by atoms with Crippen LogP contribution in [0.4, 0.5) is 13.2 Å². The molecule has 7 heteroatoms. The molecule has 0 amide bonds. The van der Waals surface area contributed by atoms with Gasteiger partial charge >= 0.3 is 6.18 Å². The molecule has 2 aromatic carbocycles. The van der Waals surface area contributed by atoms with Crippen LogP contribution in [0, 0.1) is 6.92 Å². The van der Waals surface area contributed by atoms with Gasteiger partial charge in [0.2, 0.25) is 0 Å². The van der Waals surface area contributed by atoms with E-state index in [0.717, 1.165) is 40.4 Å². The average Bonchev–Trinajstić information content (AvgIpc) is 3.11. The molecule has 0 fully saturated rings. The van der Waals surface area contributed by atoms with Crippen LogP contribution < -0.4 is 4.74 Å². The smallest absolute Gasteiger partial charge is 0.416 e. The summed E-state index contributed by atoms with van der Waals surface area (Å²) in [7, 11) is 1.51. The van der Waals surface area contributed by atoms with Gasteiger partial charge in [0, 0.05) is 29.8 Å². The van der Waals surface area contributed by atoms with E-state index < -0.39 is 11.7 Å². The Kier molecular flexibility index (Phi) is 4.10. The van der Waals surface area contributed by atoms with E-state index in [-0.39, 0.29) is 0 Å². The van der Waals surface area contributed by atoms with E-state index in [1.807, 2.05) is 19.2 Å². The molecule has 1 aliphatic carbocycles. The van der Waals surface area contributed by atoms with E-state index in [0.29, 0.717) is 40.5 Å². The Labute approximate surface area is 170 Å². The van der Waals surface area contributed by atoms with E-state index >= 15 is 0 Å². The minimum absolute atomic E-state index is 0.388. The predicted molar refractivity (Wildman–Crippen MR) is 107 cm³/mol. The van der Waals surface area contributed by atoms with E-state index in [2.05, 4.69) is 16.0 Å². The van der Waals surface area contributed by atoms with Crippen LogP contribution in [0.25, 0.3) is 27.5 Å². The van der Waals surface area contributed by atoms with Gasteiger partial charge in [-0.05, 0) is 47.9 Å². The van der Waals surface area contributed by atoms with Gasteiger partial charge in [0.05, 0.1) is 18.4 Å². The molecule has 0 aliphatic heterocycles. The molecular formula is C23H17F3N2O2. The van der Waals surface area contributed by atoms with Crippen molar-refractivity contribution in [2.24, 2.45) is 0 Å². The number of rotatable bonds is 2. The van der Waals surface area contributed by atoms with Gasteiger partial charge in [0.25, 0.3) is 0 Å². The van der Waals surface area contributed by atoms with Crippen molar-refractivity contribution in [2.45, 2.75) is 25.9 Å². The first-order valence-electron chi connectivity index (χ1n) is 9.46. The molecule has 4 aromatic rings. The molecule has 2 heterocycles. The fourth-order valence-electron chi connectivity index (χ4n) is 4.03. The minimum atomic E-state index is -4.44. The van der Waals surface area contributed by atoms with Gasteiger partial charge < -0.3 is 9.15 Å². The number of nitrogens with zero attached hydrogens (tertiary/aromatic N) is 2. The number of alkyl halides is 3. The first kappa shape index (κ1) is 18.7. The summed E-state index contributed by atoms with van der Waals surface area (Å²) in [5.41, 5.74) is 3.95. The molecule has 2 aromatic heterocycles. The van der Waals surface area contributed by atoms with Crippen molar-refractivity contribution in [3.05, 3.63) is 70.8 Å². The number of hydrogen-bond donors (Lipinski definition) is 0. The summed E-state index contributed by atoms with van der Waals surface area (Å²) in [6.07, 6.45) is 0.700. The second-order valence-corrected chi connectivity index (χ2v) is 7.33. The third-order valence-electron chi connectivity index (χ3n) is 5.47. The number of fused-ring (bicyclic) bond motifs is 4. The Morgan fingerprint density at radius 1 is 1.13 bits per heavy atom. The Bertz CT molecular complexity index is 1340. The highest BCUT2D eigenvalue weighted by atomic mass is 19.4. The molecule has 4 nitrogen and oxygen atoms in total. The second kappa shape index (κ2) is 6.58. The fourth-order valence-corrected chi connectivity index (χ4v) is 4.03. The molecule has 0 bridgehead atoms. The maximum Gasteiger partial charge on any atom is 0.416 e. The van der Waals surface area contributed by atoms with E-state index in [4.69, 9.17) is 9.15 Å². The van der Waals surface area contributed by atoms with Crippen LogP contribution in [-0.2, 0) is 19.0 Å². The van der Waals surface area contributed by atoms with Crippen molar-refractivity contribution in [2.75, 3.05) is 7.11 Å². The molecule has 0 saturated carbocycles. The van der Waals surface area contributed by atoms with Gasteiger partial charge in [-0.3, -0.25) is 0 Å². The maximum atomic E-state index is 13.3. The lowest BCUT2D eigenvalue weighted by molar-refractivity contribution is -0.137. The molecule has 0 unspecified atom stereocenters. The molecule has 0 radical (unpaired) electrons. The number of ether oxygens (including phenoxy) is 1. The molecule has 0 saturated heterocycles. The molecule has 30 heavy (non-hydrogen) atoms. The molecule has 152 valence electrons. The SMILES string of the molecule is COc1ccc(C2=CCc3nc(C)ncc3C2)c2c1oc1ccc(C(F)(F)F)cc12. The lowest BCUT2D eigenvalue weighted by atomic mass is 9.89. The van der Waals surface area contributed by atoms with Crippen LogP contribution in [0.3, 0.4) is 0 Å². The zero-order chi connectivity index (χ0) is 21.0. The quantitative estimate of drug-likeness (QED) is 0.413. The van der Waals surface area contributed by atoms with Crippen LogP contribution in [0.5, 0.6) is 5.75 Å². The molecule has 1 aliphatic rings. The summed E-state index contributed by atoms with van der Waals surface area (Å²) in [5.74, 6) is 1.20. The highest BCUT2D eigenvalue weighted by molar-refractivity contribution is 6.12. The van der Waals surface area contributed by atoms with Gasteiger partial charge in [-0.25, -0.2) is 9.97 Å². The van der Waals surface area contributed by atoms with Crippen molar-refractivity contribution < 1.29 is 22.3 Å². The molecule has 0 atom stereocenters. The van der Waals surface area contributed by atoms with Crippen molar-refractivity contribution in [3.8, 4) is 5.75 Å². The zero-order valence-electron chi connectivity index (χ0n) is 16.3. The van der Waals surface area contributed by atoms with Crippen LogP contribution in [0.2, 0.25) is 0 Å². The third kappa shape index (κ3) is 2.93. The van der Waals surface area contributed by atoms with Gasteiger partial charge in [-0.15, -0.1) is 0 Å². The Morgan fingerprint density at radius 3 is 2.73 bits per heavy atom. The maximum absolute atomic E-state index is 13.3. The summed E-state index contributed by atoms with van der Waals surface area (Å²) in [6.45, 7) is 1.85. The van der Waals surface area contributed by atoms with Crippen molar-refractivity contribution in [3.63, 3.8) is 0 Å². The number of hydrogen-bond acceptors (Lipinski definition) is 4. The Balaban J connectivity index is 1.74. The summed E-state index contributed by atoms with van der Waals surface area (Å²) in [6, 6.07) is 7.21. The lowest BCUT2D eigenvalue weighted by Crippen LogP contribution is -2.07. The zero-order valence-corrected chi connectivity index (χ0v) is 16.3. The third-order valence-corrected chi connectivity index (χ3v) is 5.47. The van der Waals surface area contributed by atoms with Gasteiger partial charge in [0.15, 0.2) is 11.3 Å². The van der Waals surface area contributed by atoms with Crippen LogP contribution in [0.15, 0.2) is 47.0 Å². The monoisotopic (exact) mass is 410 g/mol. The van der Waals surface area contributed by atoms with Crippen LogP contribution >= 0.6 is 0 Å². The standard InChI is InChI=1S/C23H17F3N2O2/c1-12-27-11-14-9-13(3-6-18(14)28-12)16-5-8-20(29-2)22-21(16)17-10-15(23(24,25)26)4-7-19(17)30-22/h3-5,7-8,10-11H,6,9H2,1-2H3. The molecule has 0 spiro atoms. The van der Waals surface area contributed by atoms with Crippen molar-refractivity contribution in [1.29, 1.82) is 0 Å². The molecular weight excluding hydrogens is 393 g/mol. The first-order chi connectivity index (χ1) is 14.3. The lowest BCUT2D eigenvalue weighted by Gasteiger charge is -2.17. The number of allylic oxidation sites excluding steroid dienone is 2. The number of aryl methyl sites for hydroxylation is 1. The van der Waals surface area contributed by atoms with Crippen molar-refractivity contribution in [1.82, 2.24) is 9.97 Å². The summed E-state index contributed by atoms with van der Waals surface area (Å²) < 4.78 is 51.3. The van der Waals surface area contributed by atoms with E-state index in [1.165, 1.54) is 13.2 Å². The average molecular weight is 410 g/mol. The largest absolute Gasteiger partial charge is 0.493 e. The number of aromatic nitrogens is 2. The topological polar surface area (TPSA) is 48.2 Å². The predicted octanol–water partition coefficient (Wildman–Crippen LogP) is 5.89. The summed E-state index contributed by atoms with van der Waals surface area (Å²) in [5, 5.41) is 1.04. The minimum Gasteiger partial charge on any atom is -0.493 e. The number of halogens is 3. The number of furan rings is 1. The van der Waals surface area contributed by atoms with Gasteiger partial charge in [-0.2, -0.15) is 13.2 Å². The fraction of sp³-hybridized carbons (Fsp3) is 0.217. The van der Waals surface area contributed by atoms with Gasteiger partial charge in [-0.1, -0.05) is 12.1 Å². The first-order valence-corrected chi connectivity index (χ1v) is 9.46. The van der Waals surface area contributed by atoms with Gasteiger partial charge in [0.1, 0.15) is 11.4 Å². The molecule has 5 rings (SSSR count). The second-order valence-electron chi connectivity index (χ2n) is 7.33. The van der Waals surface area contributed by atoms with E-state index in [1.54, 1.807) is 6.07 Å². The Morgan fingerprint density at radius 2 is 1.97 bits per heavy atom. The summed E-state index contributed by atoms with van der Waals surface area (Å²) >= 11 is 0. The van der Waals surface area contributed by atoms with Crippen LogP contribution in [-0.4, -0.2) is 17.1 Å². The number of methoxy groups -OCH3 is 1.